The third kappa shape index (κ3) is 3.64. The molecule has 2 heterocycles. The molecule has 26 heavy (non-hydrogen) atoms. The minimum Gasteiger partial charge on any atom is -0.484 e. The fourth-order valence-electron chi connectivity index (χ4n) is 3.51. The monoisotopic (exact) mass is 356 g/mol. The van der Waals surface area contributed by atoms with Gasteiger partial charge in [0.25, 0.3) is 0 Å². The summed E-state index contributed by atoms with van der Waals surface area (Å²) in [6.45, 7) is 8.22. The van der Waals surface area contributed by atoms with Crippen molar-refractivity contribution in [2.75, 3.05) is 18.4 Å². The van der Waals surface area contributed by atoms with Gasteiger partial charge in [-0.05, 0) is 44.9 Å². The molecule has 1 aromatic carbocycles. The zero-order chi connectivity index (χ0) is 18.9. The van der Waals surface area contributed by atoms with Gasteiger partial charge in [-0.25, -0.2) is 0 Å². The first-order valence-corrected chi connectivity index (χ1v) is 8.88. The number of benzene rings is 1. The molecule has 1 aromatic rings. The van der Waals surface area contributed by atoms with E-state index in [1.54, 1.807) is 23.1 Å². The number of amides is 2. The summed E-state index contributed by atoms with van der Waals surface area (Å²) in [4.78, 5) is 38.5. The second kappa shape index (κ2) is 6.94. The number of carbonyl (C=O) groups excluding carboxylic acids is 3. The second-order valence-electron chi connectivity index (χ2n) is 7.46. The fraction of sp³-hybridized carbons (Fsp3) is 0.450. The topological polar surface area (TPSA) is 75.7 Å². The predicted molar refractivity (Wildman–Crippen MR) is 98.2 cm³/mol. The summed E-state index contributed by atoms with van der Waals surface area (Å²) >= 11 is 0. The number of piperidine rings is 1. The molecular weight excluding hydrogens is 332 g/mol. The largest absolute Gasteiger partial charge is 0.484 e. The lowest BCUT2D eigenvalue weighted by Gasteiger charge is -2.34. The van der Waals surface area contributed by atoms with Crippen molar-refractivity contribution in [3.63, 3.8) is 0 Å². The number of hydrogen-bond acceptors (Lipinski definition) is 4. The van der Waals surface area contributed by atoms with E-state index in [1.165, 1.54) is 6.08 Å². The highest BCUT2D eigenvalue weighted by molar-refractivity contribution is 6.04. The number of ketones is 1. The van der Waals surface area contributed by atoms with Crippen molar-refractivity contribution in [1.82, 2.24) is 4.90 Å². The highest BCUT2D eigenvalue weighted by Gasteiger charge is 2.35. The van der Waals surface area contributed by atoms with Crippen molar-refractivity contribution in [1.29, 1.82) is 0 Å². The van der Waals surface area contributed by atoms with Crippen molar-refractivity contribution in [2.24, 2.45) is 5.92 Å². The van der Waals surface area contributed by atoms with E-state index in [-0.39, 0.29) is 23.5 Å². The van der Waals surface area contributed by atoms with Gasteiger partial charge in [-0.1, -0.05) is 12.6 Å². The predicted octanol–water partition coefficient (Wildman–Crippen LogP) is 2.79. The first kappa shape index (κ1) is 18.2. The molecule has 0 bridgehead atoms. The number of rotatable bonds is 3. The van der Waals surface area contributed by atoms with Gasteiger partial charge in [-0.15, -0.1) is 0 Å². The molecule has 0 saturated carbocycles. The number of Topliss-reactive ketones (excluding diaryl/α,β-unsaturated/α-hetero) is 1. The zero-order valence-electron chi connectivity index (χ0n) is 15.2. The van der Waals surface area contributed by atoms with E-state index in [2.05, 4.69) is 11.9 Å². The Morgan fingerprint density at radius 2 is 2.15 bits per heavy atom. The summed E-state index contributed by atoms with van der Waals surface area (Å²) in [5.41, 5.74) is 0.387. The molecule has 138 valence electrons. The number of nitrogens with one attached hydrogen (secondary N) is 1. The number of para-hydroxylation sites is 1. The third-order valence-corrected chi connectivity index (χ3v) is 4.82. The smallest absolute Gasteiger partial charge is 0.245 e. The molecule has 2 aliphatic heterocycles. The first-order chi connectivity index (χ1) is 12.3. The molecule has 2 aliphatic rings. The standard InChI is InChI=1S/C20H24N2O4/c1-4-17(24)22-10-6-7-13(12-22)19(25)21-15-9-5-8-14-16(23)11-20(2,3)26-18(14)15/h4-5,8-9,13H,1,6-7,10-12H2,2-3H3,(H,21,25). The number of ether oxygens (including phenoxy) is 1. The van der Waals surface area contributed by atoms with E-state index in [1.807, 2.05) is 13.8 Å². The molecule has 0 spiro atoms. The molecule has 1 saturated heterocycles. The van der Waals surface area contributed by atoms with Crippen molar-refractivity contribution >= 4 is 23.3 Å². The Balaban J connectivity index is 1.78. The number of anilines is 1. The number of nitrogens with zero attached hydrogens (tertiary/aromatic N) is 1. The van der Waals surface area contributed by atoms with E-state index in [9.17, 15) is 14.4 Å². The Morgan fingerprint density at radius 3 is 2.88 bits per heavy atom. The summed E-state index contributed by atoms with van der Waals surface area (Å²) in [6.07, 6.45) is 3.06. The van der Waals surface area contributed by atoms with E-state index >= 15 is 0 Å². The minimum absolute atomic E-state index is 0.00719. The normalized spacial score (nSPS) is 21.4. The van der Waals surface area contributed by atoms with Gasteiger partial charge in [0.05, 0.1) is 23.6 Å². The third-order valence-electron chi connectivity index (χ3n) is 4.82. The van der Waals surface area contributed by atoms with Crippen LogP contribution in [0.4, 0.5) is 5.69 Å². The van der Waals surface area contributed by atoms with Gasteiger partial charge in [0.2, 0.25) is 11.8 Å². The van der Waals surface area contributed by atoms with Gasteiger partial charge < -0.3 is 15.0 Å². The highest BCUT2D eigenvalue weighted by atomic mass is 16.5. The second-order valence-corrected chi connectivity index (χ2v) is 7.46. The van der Waals surface area contributed by atoms with Crippen molar-refractivity contribution in [3.05, 3.63) is 36.4 Å². The number of carbonyl (C=O) groups is 3. The van der Waals surface area contributed by atoms with Crippen LogP contribution in [0.15, 0.2) is 30.9 Å². The number of fused-ring (bicyclic) bond motifs is 1. The van der Waals surface area contributed by atoms with E-state index in [4.69, 9.17) is 4.74 Å². The number of hydrogen-bond donors (Lipinski definition) is 1. The van der Waals surface area contributed by atoms with Gasteiger partial charge in [-0.2, -0.15) is 0 Å². The van der Waals surface area contributed by atoms with Crippen LogP contribution in [0, 0.1) is 5.92 Å². The number of likely N-dealkylation sites (tertiary alicyclic amines) is 1. The lowest BCUT2D eigenvalue weighted by atomic mass is 9.92. The summed E-state index contributed by atoms with van der Waals surface area (Å²) in [5.74, 6) is -0.185. The molecule has 6 heteroatoms. The van der Waals surface area contributed by atoms with E-state index in [0.717, 1.165) is 6.42 Å². The lowest BCUT2D eigenvalue weighted by molar-refractivity contribution is -0.130. The van der Waals surface area contributed by atoms with Gasteiger partial charge in [0, 0.05) is 13.1 Å². The Morgan fingerprint density at radius 1 is 1.38 bits per heavy atom. The molecule has 1 fully saturated rings. The van der Waals surface area contributed by atoms with Crippen molar-refractivity contribution in [2.45, 2.75) is 38.7 Å². The zero-order valence-corrected chi connectivity index (χ0v) is 15.2. The van der Waals surface area contributed by atoms with Crippen LogP contribution in [0.25, 0.3) is 0 Å². The van der Waals surface area contributed by atoms with Crippen molar-refractivity contribution < 1.29 is 19.1 Å². The SMILES string of the molecule is C=CC(=O)N1CCCC(C(=O)Nc2cccc3c2OC(C)(C)CC3=O)C1. The summed E-state index contributed by atoms with van der Waals surface area (Å²) in [6, 6.07) is 5.19. The van der Waals surface area contributed by atoms with Crippen LogP contribution >= 0.6 is 0 Å². The van der Waals surface area contributed by atoms with Gasteiger partial charge in [0.1, 0.15) is 5.60 Å². The quantitative estimate of drug-likeness (QED) is 0.845. The van der Waals surface area contributed by atoms with Crippen LogP contribution < -0.4 is 10.1 Å². The molecule has 3 rings (SSSR count). The lowest BCUT2D eigenvalue weighted by Crippen LogP contribution is -2.43. The average molecular weight is 356 g/mol. The van der Waals surface area contributed by atoms with Crippen molar-refractivity contribution in [3.8, 4) is 5.75 Å². The molecular formula is C20H24N2O4. The molecule has 1 N–H and O–H groups in total. The molecule has 1 unspecified atom stereocenters. The van der Waals surface area contributed by atoms with Crippen LogP contribution in [0.2, 0.25) is 0 Å². The summed E-state index contributed by atoms with van der Waals surface area (Å²) in [5, 5.41) is 2.90. The van der Waals surface area contributed by atoms with Crippen LogP contribution in [0.3, 0.4) is 0 Å². The maximum Gasteiger partial charge on any atom is 0.245 e. The van der Waals surface area contributed by atoms with Gasteiger partial charge in [-0.3, -0.25) is 14.4 Å². The summed E-state index contributed by atoms with van der Waals surface area (Å²) < 4.78 is 5.97. The van der Waals surface area contributed by atoms with Crippen LogP contribution in [0.5, 0.6) is 5.75 Å². The maximum atomic E-state index is 12.7. The Labute approximate surface area is 153 Å². The van der Waals surface area contributed by atoms with Gasteiger partial charge >= 0.3 is 0 Å². The summed E-state index contributed by atoms with van der Waals surface area (Å²) in [7, 11) is 0. The van der Waals surface area contributed by atoms with Crippen LogP contribution in [-0.2, 0) is 9.59 Å². The molecule has 2 amide bonds. The van der Waals surface area contributed by atoms with Crippen LogP contribution in [-0.4, -0.2) is 41.2 Å². The van der Waals surface area contributed by atoms with E-state index < -0.39 is 5.60 Å². The highest BCUT2D eigenvalue weighted by Crippen LogP contribution is 2.39. The molecule has 0 radical (unpaired) electrons. The average Bonchev–Trinajstić information content (AvgIpc) is 2.61. The Hall–Kier alpha value is -2.63. The van der Waals surface area contributed by atoms with Gasteiger partial charge in [0.15, 0.2) is 11.5 Å². The first-order valence-electron chi connectivity index (χ1n) is 8.88. The molecule has 6 nitrogen and oxygen atoms in total. The van der Waals surface area contributed by atoms with E-state index in [0.29, 0.717) is 42.9 Å². The Kier molecular flexibility index (Phi) is 4.85. The maximum absolute atomic E-state index is 12.7. The molecule has 0 aromatic heterocycles. The fourth-order valence-corrected chi connectivity index (χ4v) is 3.51. The Bertz CT molecular complexity index is 769. The van der Waals surface area contributed by atoms with Crippen LogP contribution in [0.1, 0.15) is 43.5 Å². The molecule has 0 aliphatic carbocycles. The minimum atomic E-state index is -0.608. The molecule has 1 atom stereocenters.